The Kier molecular flexibility index (Phi) is 4.54. The van der Waals surface area contributed by atoms with E-state index in [1.165, 1.54) is 5.56 Å². The predicted molar refractivity (Wildman–Crippen MR) is 66.3 cm³/mol. The van der Waals surface area contributed by atoms with Gasteiger partial charge in [-0.15, -0.1) is 0 Å². The number of rotatable bonds is 3. The molecule has 1 aliphatic heterocycles. The van der Waals surface area contributed by atoms with E-state index >= 15 is 0 Å². The van der Waals surface area contributed by atoms with Crippen LogP contribution < -0.4 is 0 Å². The van der Waals surface area contributed by atoms with Crippen molar-refractivity contribution >= 4 is 0 Å². The SMILES string of the molecule is N#CCC1CN(Cc2ccccc2)CCCO1. The third-order valence-electron chi connectivity index (χ3n) is 3.00. The Labute approximate surface area is 103 Å². The zero-order valence-corrected chi connectivity index (χ0v) is 10.0. The average molecular weight is 230 g/mol. The van der Waals surface area contributed by atoms with Gasteiger partial charge in [0, 0.05) is 26.2 Å². The fraction of sp³-hybridized carbons (Fsp3) is 0.500. The van der Waals surface area contributed by atoms with E-state index in [1.54, 1.807) is 0 Å². The van der Waals surface area contributed by atoms with Gasteiger partial charge in [0.2, 0.25) is 0 Å². The smallest absolute Gasteiger partial charge is 0.0831 e. The summed E-state index contributed by atoms with van der Waals surface area (Å²) in [5.74, 6) is 0. The summed E-state index contributed by atoms with van der Waals surface area (Å²) in [4.78, 5) is 2.38. The Balaban J connectivity index is 1.93. The molecule has 3 nitrogen and oxygen atoms in total. The second-order valence-electron chi connectivity index (χ2n) is 4.43. The van der Waals surface area contributed by atoms with Crippen LogP contribution in [0.3, 0.4) is 0 Å². The van der Waals surface area contributed by atoms with Crippen molar-refractivity contribution in [2.75, 3.05) is 19.7 Å². The molecule has 0 bridgehead atoms. The molecule has 0 radical (unpaired) electrons. The number of benzene rings is 1. The van der Waals surface area contributed by atoms with Crippen LogP contribution in [0, 0.1) is 11.3 Å². The van der Waals surface area contributed by atoms with Gasteiger partial charge >= 0.3 is 0 Å². The maximum Gasteiger partial charge on any atom is 0.0831 e. The van der Waals surface area contributed by atoms with E-state index in [1.807, 2.05) is 6.07 Å². The Hall–Kier alpha value is -1.37. The molecule has 0 aliphatic carbocycles. The summed E-state index contributed by atoms with van der Waals surface area (Å²) in [6.45, 7) is 3.64. The lowest BCUT2D eigenvalue weighted by Crippen LogP contribution is -2.31. The van der Waals surface area contributed by atoms with E-state index in [-0.39, 0.29) is 6.10 Å². The summed E-state index contributed by atoms with van der Waals surface area (Å²) in [5, 5.41) is 8.74. The van der Waals surface area contributed by atoms with E-state index in [4.69, 9.17) is 10.00 Å². The third-order valence-corrected chi connectivity index (χ3v) is 3.00. The first-order chi connectivity index (χ1) is 8.38. The summed E-state index contributed by atoms with van der Waals surface area (Å²) in [6, 6.07) is 12.7. The first-order valence-corrected chi connectivity index (χ1v) is 6.13. The number of hydrogen-bond acceptors (Lipinski definition) is 3. The molecule has 1 aromatic carbocycles. The topological polar surface area (TPSA) is 36.3 Å². The molecule has 0 spiro atoms. The number of nitrogens with zero attached hydrogens (tertiary/aromatic N) is 2. The maximum atomic E-state index is 8.74. The van der Waals surface area contributed by atoms with Crippen LogP contribution in [0.2, 0.25) is 0 Å². The van der Waals surface area contributed by atoms with Gasteiger partial charge in [-0.1, -0.05) is 30.3 Å². The first kappa shape index (κ1) is 12.1. The van der Waals surface area contributed by atoms with Gasteiger partial charge in [0.15, 0.2) is 0 Å². The molecule has 0 amide bonds. The Morgan fingerprint density at radius 1 is 1.35 bits per heavy atom. The van der Waals surface area contributed by atoms with Crippen LogP contribution in [0.15, 0.2) is 30.3 Å². The van der Waals surface area contributed by atoms with Crippen LogP contribution in [0.5, 0.6) is 0 Å². The molecule has 1 unspecified atom stereocenters. The normalized spacial score (nSPS) is 21.7. The number of hydrogen-bond donors (Lipinski definition) is 0. The van der Waals surface area contributed by atoms with Gasteiger partial charge in [0.25, 0.3) is 0 Å². The lowest BCUT2D eigenvalue weighted by Gasteiger charge is -2.22. The van der Waals surface area contributed by atoms with Crippen LogP contribution >= 0.6 is 0 Å². The molecule has 90 valence electrons. The summed E-state index contributed by atoms with van der Waals surface area (Å²) >= 11 is 0. The van der Waals surface area contributed by atoms with Gasteiger partial charge in [-0.25, -0.2) is 0 Å². The minimum atomic E-state index is 0.0752. The van der Waals surface area contributed by atoms with Crippen molar-refractivity contribution in [1.29, 1.82) is 5.26 Å². The van der Waals surface area contributed by atoms with Crippen LogP contribution in [-0.4, -0.2) is 30.7 Å². The van der Waals surface area contributed by atoms with E-state index in [2.05, 4.69) is 35.2 Å². The maximum absolute atomic E-state index is 8.74. The fourth-order valence-corrected chi connectivity index (χ4v) is 2.18. The van der Waals surface area contributed by atoms with E-state index < -0.39 is 0 Å². The molecule has 17 heavy (non-hydrogen) atoms. The van der Waals surface area contributed by atoms with Gasteiger partial charge in [-0.2, -0.15) is 5.26 Å². The minimum absolute atomic E-state index is 0.0752. The highest BCUT2D eigenvalue weighted by atomic mass is 16.5. The van der Waals surface area contributed by atoms with E-state index in [0.29, 0.717) is 6.42 Å². The van der Waals surface area contributed by atoms with Gasteiger partial charge in [-0.3, -0.25) is 4.90 Å². The van der Waals surface area contributed by atoms with Crippen molar-refractivity contribution in [3.63, 3.8) is 0 Å². The van der Waals surface area contributed by atoms with Crippen LogP contribution in [-0.2, 0) is 11.3 Å². The lowest BCUT2D eigenvalue weighted by molar-refractivity contribution is 0.0568. The summed E-state index contributed by atoms with van der Waals surface area (Å²) in [7, 11) is 0. The zero-order chi connectivity index (χ0) is 11.9. The molecule has 3 heteroatoms. The highest BCUT2D eigenvalue weighted by molar-refractivity contribution is 5.14. The van der Waals surface area contributed by atoms with Crippen molar-refractivity contribution in [1.82, 2.24) is 4.90 Å². The molecule has 1 saturated heterocycles. The summed E-state index contributed by atoms with van der Waals surface area (Å²) < 4.78 is 5.65. The molecule has 2 rings (SSSR count). The molecule has 1 aromatic rings. The largest absolute Gasteiger partial charge is 0.376 e. The van der Waals surface area contributed by atoms with Gasteiger partial charge < -0.3 is 4.74 Å². The average Bonchev–Trinajstić information content (AvgIpc) is 2.56. The monoisotopic (exact) mass is 230 g/mol. The Bertz CT molecular complexity index is 372. The van der Waals surface area contributed by atoms with E-state index in [9.17, 15) is 0 Å². The molecule has 1 aliphatic rings. The molecular formula is C14H18N2O. The standard InChI is InChI=1S/C14H18N2O/c15-8-7-14-12-16(9-4-10-17-14)11-13-5-2-1-3-6-13/h1-3,5-6,14H,4,7,9-12H2. The summed E-state index contributed by atoms with van der Waals surface area (Å²) in [5.41, 5.74) is 1.32. The molecule has 1 atom stereocenters. The van der Waals surface area contributed by atoms with Crippen molar-refractivity contribution in [3.8, 4) is 6.07 Å². The fourth-order valence-electron chi connectivity index (χ4n) is 2.18. The summed E-state index contributed by atoms with van der Waals surface area (Å²) in [6.07, 6.45) is 1.62. The van der Waals surface area contributed by atoms with E-state index in [0.717, 1.165) is 32.7 Å². The molecule has 0 saturated carbocycles. The first-order valence-electron chi connectivity index (χ1n) is 6.13. The number of ether oxygens (including phenoxy) is 1. The van der Waals surface area contributed by atoms with Crippen molar-refractivity contribution in [3.05, 3.63) is 35.9 Å². The molecule has 1 fully saturated rings. The number of nitriles is 1. The Morgan fingerprint density at radius 2 is 2.18 bits per heavy atom. The van der Waals surface area contributed by atoms with Gasteiger partial charge in [-0.05, 0) is 12.0 Å². The molecule has 0 aromatic heterocycles. The van der Waals surface area contributed by atoms with Gasteiger partial charge in [0.1, 0.15) is 0 Å². The molecule has 0 N–H and O–H groups in total. The predicted octanol–water partition coefficient (Wildman–Crippen LogP) is 2.19. The van der Waals surface area contributed by atoms with Gasteiger partial charge in [0.05, 0.1) is 18.6 Å². The quantitative estimate of drug-likeness (QED) is 0.798. The molecule has 1 heterocycles. The van der Waals surface area contributed by atoms with Crippen LogP contribution in [0.4, 0.5) is 0 Å². The van der Waals surface area contributed by atoms with Crippen molar-refractivity contribution in [2.24, 2.45) is 0 Å². The minimum Gasteiger partial charge on any atom is -0.376 e. The lowest BCUT2D eigenvalue weighted by atomic mass is 10.2. The highest BCUT2D eigenvalue weighted by Gasteiger charge is 2.18. The molecular weight excluding hydrogens is 212 g/mol. The second kappa shape index (κ2) is 6.39. The second-order valence-corrected chi connectivity index (χ2v) is 4.43. The van der Waals surface area contributed by atoms with Crippen LogP contribution in [0.25, 0.3) is 0 Å². The third kappa shape index (κ3) is 3.85. The van der Waals surface area contributed by atoms with Crippen molar-refractivity contribution in [2.45, 2.75) is 25.5 Å². The van der Waals surface area contributed by atoms with Crippen molar-refractivity contribution < 1.29 is 4.74 Å². The van der Waals surface area contributed by atoms with Crippen LogP contribution in [0.1, 0.15) is 18.4 Å². The highest BCUT2D eigenvalue weighted by Crippen LogP contribution is 2.12. The zero-order valence-electron chi connectivity index (χ0n) is 10.0. The Morgan fingerprint density at radius 3 is 2.94 bits per heavy atom.